The highest BCUT2D eigenvalue weighted by molar-refractivity contribution is 7.99. The van der Waals surface area contributed by atoms with Crippen LogP contribution in [0.25, 0.3) is 0 Å². The van der Waals surface area contributed by atoms with Crippen LogP contribution in [0.2, 0.25) is 0 Å². The highest BCUT2D eigenvalue weighted by Gasteiger charge is 2.40. The summed E-state index contributed by atoms with van der Waals surface area (Å²) in [4.78, 5) is 1.71. The predicted octanol–water partition coefficient (Wildman–Crippen LogP) is 2.82. The van der Waals surface area contributed by atoms with Crippen LogP contribution in [0.3, 0.4) is 0 Å². The fourth-order valence-electron chi connectivity index (χ4n) is 1.55. The van der Waals surface area contributed by atoms with Gasteiger partial charge in [0, 0.05) is 6.42 Å². The second-order valence-electron chi connectivity index (χ2n) is 4.03. The van der Waals surface area contributed by atoms with Crippen LogP contribution in [0.1, 0.15) is 26.7 Å². The molecule has 0 bridgehead atoms. The van der Waals surface area contributed by atoms with Crippen molar-refractivity contribution in [3.63, 3.8) is 0 Å². The van der Waals surface area contributed by atoms with Gasteiger partial charge in [-0.2, -0.15) is 0 Å². The van der Waals surface area contributed by atoms with Gasteiger partial charge in [-0.1, -0.05) is 0 Å². The van der Waals surface area contributed by atoms with Crippen LogP contribution in [0, 0.1) is 0 Å². The van der Waals surface area contributed by atoms with E-state index in [4.69, 9.17) is 0 Å². The lowest BCUT2D eigenvalue weighted by atomic mass is 10.1. The van der Waals surface area contributed by atoms with Crippen LogP contribution in [0.15, 0.2) is 0 Å². The van der Waals surface area contributed by atoms with E-state index in [1.54, 1.807) is 11.8 Å². The number of likely N-dealkylation sites (tertiary alicyclic amines) is 1. The Balaban J connectivity index is 2.61. The molecule has 0 aromatic rings. The molecular formula is C9H17F2NS. The molecule has 4 heteroatoms. The molecule has 0 aromatic carbocycles. The van der Waals surface area contributed by atoms with Gasteiger partial charge in [0.05, 0.1) is 11.4 Å². The highest BCUT2D eigenvalue weighted by atomic mass is 32.2. The lowest BCUT2D eigenvalue weighted by molar-refractivity contribution is -0.0757. The molecule has 1 nitrogen and oxygen atoms in total. The van der Waals surface area contributed by atoms with E-state index in [0.29, 0.717) is 6.42 Å². The molecule has 0 aliphatic carbocycles. The van der Waals surface area contributed by atoms with Gasteiger partial charge in [0.2, 0.25) is 0 Å². The summed E-state index contributed by atoms with van der Waals surface area (Å²) in [5, 5.41) is 0. The van der Waals surface area contributed by atoms with Gasteiger partial charge < -0.3 is 0 Å². The summed E-state index contributed by atoms with van der Waals surface area (Å²) < 4.78 is 26.1. The molecule has 1 saturated heterocycles. The van der Waals surface area contributed by atoms with Gasteiger partial charge in [-0.3, -0.25) is 4.90 Å². The minimum absolute atomic E-state index is 0.0496. The van der Waals surface area contributed by atoms with Crippen molar-refractivity contribution in [1.82, 2.24) is 4.90 Å². The van der Waals surface area contributed by atoms with Crippen molar-refractivity contribution in [2.75, 3.05) is 19.3 Å². The number of rotatable bonds is 2. The fourth-order valence-corrected chi connectivity index (χ4v) is 1.97. The third kappa shape index (κ3) is 2.81. The van der Waals surface area contributed by atoms with Crippen molar-refractivity contribution >= 4 is 11.8 Å². The molecule has 0 atom stereocenters. The summed E-state index contributed by atoms with van der Waals surface area (Å²) in [5.41, 5.74) is 0. The third-order valence-corrected chi connectivity index (χ3v) is 3.91. The monoisotopic (exact) mass is 209 g/mol. The molecule has 0 saturated carbocycles. The maximum atomic E-state index is 13.1. The Morgan fingerprint density at radius 3 is 2.46 bits per heavy atom. The number of halogens is 2. The van der Waals surface area contributed by atoms with Gasteiger partial charge in [-0.05, 0) is 33.1 Å². The summed E-state index contributed by atoms with van der Waals surface area (Å²) in [7, 11) is 0. The molecule has 1 fully saturated rings. The molecule has 0 amide bonds. The molecule has 0 unspecified atom stereocenters. The zero-order valence-corrected chi connectivity index (χ0v) is 9.26. The Kier molecular flexibility index (Phi) is 3.23. The first kappa shape index (κ1) is 11.2. The quantitative estimate of drug-likeness (QED) is 0.688. The molecule has 0 radical (unpaired) electrons. The first-order chi connectivity index (χ1) is 5.87. The molecular weight excluding hydrogens is 192 g/mol. The van der Waals surface area contributed by atoms with E-state index in [0.717, 1.165) is 6.54 Å². The first-order valence-electron chi connectivity index (χ1n) is 4.55. The Morgan fingerprint density at radius 2 is 2.00 bits per heavy atom. The van der Waals surface area contributed by atoms with Crippen LogP contribution in [-0.2, 0) is 0 Å². The van der Waals surface area contributed by atoms with Crippen molar-refractivity contribution in [3.8, 4) is 0 Å². The number of hydrogen-bond donors (Lipinski definition) is 0. The fraction of sp³-hybridized carbons (Fsp3) is 1.00. The van der Waals surface area contributed by atoms with Crippen LogP contribution in [0.5, 0.6) is 0 Å². The van der Waals surface area contributed by atoms with Crippen molar-refractivity contribution in [2.24, 2.45) is 0 Å². The Hall–Kier alpha value is 0.170. The first-order valence-corrected chi connectivity index (χ1v) is 5.78. The Morgan fingerprint density at radius 1 is 1.38 bits per heavy atom. The van der Waals surface area contributed by atoms with E-state index >= 15 is 0 Å². The Bertz CT molecular complexity index is 182. The van der Waals surface area contributed by atoms with Crippen molar-refractivity contribution in [1.29, 1.82) is 0 Å². The van der Waals surface area contributed by atoms with Crippen molar-refractivity contribution in [3.05, 3.63) is 0 Å². The van der Waals surface area contributed by atoms with Crippen LogP contribution in [-0.4, -0.2) is 35.0 Å². The van der Waals surface area contributed by atoms with Gasteiger partial charge in [0.15, 0.2) is 0 Å². The molecule has 1 heterocycles. The summed E-state index contributed by atoms with van der Waals surface area (Å²) in [6.07, 6.45) is 2.62. The minimum Gasteiger partial charge on any atom is -0.283 e. The second kappa shape index (κ2) is 3.73. The van der Waals surface area contributed by atoms with Gasteiger partial charge in [0.25, 0.3) is 5.92 Å². The minimum atomic E-state index is -2.48. The average Bonchev–Trinajstić information content (AvgIpc) is 2.03. The van der Waals surface area contributed by atoms with Crippen LogP contribution in [0.4, 0.5) is 8.78 Å². The summed E-state index contributed by atoms with van der Waals surface area (Å²) in [6.45, 7) is 4.71. The predicted molar refractivity (Wildman–Crippen MR) is 53.3 cm³/mol. The number of thioether (sulfide) groups is 1. The summed E-state index contributed by atoms with van der Waals surface area (Å²) >= 11 is 1.63. The number of alkyl halides is 2. The van der Waals surface area contributed by atoms with Gasteiger partial charge in [0.1, 0.15) is 0 Å². The molecule has 1 rings (SSSR count). The van der Waals surface area contributed by atoms with Gasteiger partial charge in [-0.15, -0.1) is 11.8 Å². The lowest BCUT2D eigenvalue weighted by Crippen LogP contribution is -2.51. The van der Waals surface area contributed by atoms with E-state index in [1.807, 2.05) is 25.0 Å². The van der Waals surface area contributed by atoms with E-state index in [2.05, 4.69) is 0 Å². The molecule has 1 aliphatic rings. The molecule has 0 aromatic heterocycles. The number of nitrogens with zero attached hydrogens (tertiary/aromatic N) is 1. The maximum absolute atomic E-state index is 13.1. The van der Waals surface area contributed by atoms with E-state index in [1.165, 1.54) is 0 Å². The van der Waals surface area contributed by atoms with Crippen molar-refractivity contribution < 1.29 is 8.78 Å². The molecule has 13 heavy (non-hydrogen) atoms. The zero-order chi connectivity index (χ0) is 10.1. The van der Waals surface area contributed by atoms with Crippen molar-refractivity contribution in [2.45, 2.75) is 37.5 Å². The highest BCUT2D eigenvalue weighted by Crippen LogP contribution is 2.34. The lowest BCUT2D eigenvalue weighted by Gasteiger charge is -2.42. The maximum Gasteiger partial charge on any atom is 0.260 e. The van der Waals surface area contributed by atoms with Gasteiger partial charge >= 0.3 is 0 Å². The second-order valence-corrected chi connectivity index (χ2v) is 5.44. The standard InChI is InChI=1S/C9H17F2NS/c1-8(2,13-3)12-6-4-5-9(10,11)7-12/h4-7H2,1-3H3. The molecule has 78 valence electrons. The third-order valence-electron chi connectivity index (χ3n) is 2.65. The van der Waals surface area contributed by atoms with Gasteiger partial charge in [-0.25, -0.2) is 8.78 Å². The average molecular weight is 209 g/mol. The van der Waals surface area contributed by atoms with Crippen LogP contribution < -0.4 is 0 Å². The zero-order valence-electron chi connectivity index (χ0n) is 8.44. The summed E-state index contributed by atoms with van der Waals surface area (Å²) in [6, 6.07) is 0. The SMILES string of the molecule is CSC(C)(C)N1CCCC(F)(F)C1. The number of hydrogen-bond acceptors (Lipinski definition) is 2. The number of piperidine rings is 1. The summed E-state index contributed by atoms with van der Waals surface area (Å²) in [5.74, 6) is -2.48. The molecule has 1 aliphatic heterocycles. The van der Waals surface area contributed by atoms with E-state index in [-0.39, 0.29) is 17.8 Å². The van der Waals surface area contributed by atoms with Crippen LogP contribution >= 0.6 is 11.8 Å². The Labute approximate surface area is 82.9 Å². The van der Waals surface area contributed by atoms with E-state index in [9.17, 15) is 8.78 Å². The normalized spacial score (nSPS) is 24.7. The topological polar surface area (TPSA) is 3.24 Å². The molecule has 0 N–H and O–H groups in total. The smallest absolute Gasteiger partial charge is 0.260 e. The largest absolute Gasteiger partial charge is 0.283 e. The van der Waals surface area contributed by atoms with E-state index < -0.39 is 5.92 Å². The molecule has 0 spiro atoms.